The van der Waals surface area contributed by atoms with E-state index < -0.39 is 6.23 Å². The van der Waals surface area contributed by atoms with E-state index in [0.717, 1.165) is 0 Å². The zero-order valence-electron chi connectivity index (χ0n) is 13.2. The molecule has 1 heterocycles. The van der Waals surface area contributed by atoms with E-state index in [-0.39, 0.29) is 11.5 Å². The van der Waals surface area contributed by atoms with E-state index in [4.69, 9.17) is 14.7 Å². The number of methoxy groups -OCH3 is 1. The Bertz CT molecular complexity index is 624. The Hall–Kier alpha value is -2.39. The molecule has 0 N–H and O–H groups in total. The summed E-state index contributed by atoms with van der Waals surface area (Å²) in [5.74, 6) is 0.644. The zero-order chi connectivity index (χ0) is 16.2. The van der Waals surface area contributed by atoms with Crippen LogP contribution in [0.25, 0.3) is 0 Å². The summed E-state index contributed by atoms with van der Waals surface area (Å²) >= 11 is 0. The SMILES string of the molecule is COC(C(Oc1ccc(C#N)cc1)n1cncn1)C(C)(C)C. The van der Waals surface area contributed by atoms with Gasteiger partial charge in [-0.1, -0.05) is 20.8 Å². The number of hydrogen-bond acceptors (Lipinski definition) is 5. The van der Waals surface area contributed by atoms with Crippen LogP contribution < -0.4 is 4.74 Å². The molecule has 0 saturated carbocycles. The molecule has 0 bridgehead atoms. The van der Waals surface area contributed by atoms with Crippen molar-refractivity contribution in [1.29, 1.82) is 5.26 Å². The Kier molecular flexibility index (Phi) is 4.78. The van der Waals surface area contributed by atoms with Crippen LogP contribution in [-0.4, -0.2) is 28.0 Å². The van der Waals surface area contributed by atoms with E-state index >= 15 is 0 Å². The van der Waals surface area contributed by atoms with Crippen molar-refractivity contribution < 1.29 is 9.47 Å². The van der Waals surface area contributed by atoms with Gasteiger partial charge < -0.3 is 9.47 Å². The molecule has 2 atom stereocenters. The highest BCUT2D eigenvalue weighted by molar-refractivity contribution is 5.34. The molecule has 0 saturated heterocycles. The van der Waals surface area contributed by atoms with Crippen molar-refractivity contribution in [2.75, 3.05) is 7.11 Å². The highest BCUT2D eigenvalue weighted by Gasteiger charge is 2.35. The maximum atomic E-state index is 8.86. The minimum absolute atomic E-state index is 0.155. The Morgan fingerprint density at radius 2 is 1.91 bits per heavy atom. The topological polar surface area (TPSA) is 73.0 Å². The lowest BCUT2D eigenvalue weighted by atomic mass is 9.88. The largest absolute Gasteiger partial charge is 0.466 e. The lowest BCUT2D eigenvalue weighted by Crippen LogP contribution is -2.40. The summed E-state index contributed by atoms with van der Waals surface area (Å²) in [5, 5.41) is 13.0. The molecule has 0 amide bonds. The fourth-order valence-corrected chi connectivity index (χ4v) is 2.25. The van der Waals surface area contributed by atoms with Gasteiger partial charge in [-0.05, 0) is 29.7 Å². The maximum Gasteiger partial charge on any atom is 0.219 e. The molecule has 0 aliphatic carbocycles. The van der Waals surface area contributed by atoms with Gasteiger partial charge in [-0.2, -0.15) is 10.4 Å². The number of nitriles is 1. The molecule has 1 aromatic carbocycles. The predicted molar refractivity (Wildman–Crippen MR) is 81.1 cm³/mol. The molecule has 2 rings (SSSR count). The molecule has 6 heteroatoms. The van der Waals surface area contributed by atoms with Crippen LogP contribution in [0.4, 0.5) is 0 Å². The third kappa shape index (κ3) is 3.62. The second-order valence-corrected chi connectivity index (χ2v) is 6.04. The Labute approximate surface area is 130 Å². The summed E-state index contributed by atoms with van der Waals surface area (Å²) in [6.45, 7) is 6.23. The van der Waals surface area contributed by atoms with Gasteiger partial charge in [-0.15, -0.1) is 0 Å². The van der Waals surface area contributed by atoms with Crippen molar-refractivity contribution in [3.05, 3.63) is 42.5 Å². The number of hydrogen-bond donors (Lipinski definition) is 0. The van der Waals surface area contributed by atoms with E-state index in [1.165, 1.54) is 6.33 Å². The lowest BCUT2D eigenvalue weighted by molar-refractivity contribution is -0.0958. The first-order valence-electron chi connectivity index (χ1n) is 6.99. The van der Waals surface area contributed by atoms with Crippen molar-refractivity contribution in [3.8, 4) is 11.8 Å². The Balaban J connectivity index is 2.30. The Morgan fingerprint density at radius 1 is 1.23 bits per heavy atom. The van der Waals surface area contributed by atoms with E-state index in [2.05, 4.69) is 36.9 Å². The van der Waals surface area contributed by atoms with Gasteiger partial charge in [-0.3, -0.25) is 0 Å². The predicted octanol–water partition coefficient (Wildman–Crippen LogP) is 2.79. The van der Waals surface area contributed by atoms with Crippen LogP contribution >= 0.6 is 0 Å². The molecule has 0 aliphatic rings. The summed E-state index contributed by atoms with van der Waals surface area (Å²) in [5.41, 5.74) is 0.432. The van der Waals surface area contributed by atoms with Crippen molar-refractivity contribution >= 4 is 0 Å². The fourth-order valence-electron chi connectivity index (χ4n) is 2.25. The number of aromatic nitrogens is 3. The van der Waals surface area contributed by atoms with Gasteiger partial charge in [0.25, 0.3) is 0 Å². The quantitative estimate of drug-likeness (QED) is 0.849. The Morgan fingerprint density at radius 3 is 2.36 bits per heavy atom. The summed E-state index contributed by atoms with van der Waals surface area (Å²) in [6.07, 6.45) is 2.38. The van der Waals surface area contributed by atoms with Crippen LogP contribution in [0.15, 0.2) is 36.9 Å². The first kappa shape index (κ1) is 16.0. The lowest BCUT2D eigenvalue weighted by Gasteiger charge is -2.35. The van der Waals surface area contributed by atoms with Gasteiger partial charge in [0.2, 0.25) is 6.23 Å². The number of benzene rings is 1. The van der Waals surface area contributed by atoms with E-state index in [9.17, 15) is 0 Å². The second-order valence-electron chi connectivity index (χ2n) is 6.04. The van der Waals surface area contributed by atoms with Crippen LogP contribution in [0.1, 0.15) is 32.6 Å². The molecule has 6 nitrogen and oxygen atoms in total. The van der Waals surface area contributed by atoms with E-state index in [1.54, 1.807) is 42.4 Å². The first-order chi connectivity index (χ1) is 10.5. The van der Waals surface area contributed by atoms with Crippen LogP contribution in [-0.2, 0) is 4.74 Å². The number of rotatable bonds is 5. The van der Waals surface area contributed by atoms with Crippen LogP contribution in [0, 0.1) is 16.7 Å². The summed E-state index contributed by atoms with van der Waals surface area (Å²) < 4.78 is 13.4. The average molecular weight is 300 g/mol. The van der Waals surface area contributed by atoms with Crippen molar-refractivity contribution in [2.45, 2.75) is 33.1 Å². The van der Waals surface area contributed by atoms with Crippen molar-refractivity contribution in [3.63, 3.8) is 0 Å². The average Bonchev–Trinajstić information content (AvgIpc) is 3.00. The first-order valence-corrected chi connectivity index (χ1v) is 6.99. The smallest absolute Gasteiger partial charge is 0.219 e. The number of nitrogens with zero attached hydrogens (tertiary/aromatic N) is 4. The minimum Gasteiger partial charge on any atom is -0.466 e. The molecule has 0 aliphatic heterocycles. The molecule has 22 heavy (non-hydrogen) atoms. The summed E-state index contributed by atoms with van der Waals surface area (Å²) in [7, 11) is 1.65. The van der Waals surface area contributed by atoms with Gasteiger partial charge in [0.05, 0.1) is 11.6 Å². The molecular weight excluding hydrogens is 280 g/mol. The molecule has 1 aromatic heterocycles. The van der Waals surface area contributed by atoms with Gasteiger partial charge in [0.15, 0.2) is 0 Å². The molecule has 0 spiro atoms. The van der Waals surface area contributed by atoms with E-state index in [1.807, 2.05) is 0 Å². The second kappa shape index (κ2) is 6.58. The normalized spacial score (nSPS) is 14.1. The molecule has 2 aromatic rings. The maximum absolute atomic E-state index is 8.86. The standard InChI is InChI=1S/C16H20N4O2/c1-16(2,3)14(21-4)15(20-11-18-10-19-20)22-13-7-5-12(9-17)6-8-13/h5-8,10-11,14-15H,1-4H3. The van der Waals surface area contributed by atoms with Crippen LogP contribution in [0.3, 0.4) is 0 Å². The molecule has 0 radical (unpaired) electrons. The minimum atomic E-state index is -0.458. The summed E-state index contributed by atoms with van der Waals surface area (Å²) in [6, 6.07) is 9.04. The number of ether oxygens (including phenoxy) is 2. The fraction of sp³-hybridized carbons (Fsp3) is 0.438. The molecule has 0 fully saturated rings. The third-order valence-corrected chi connectivity index (χ3v) is 3.30. The van der Waals surface area contributed by atoms with E-state index in [0.29, 0.717) is 11.3 Å². The van der Waals surface area contributed by atoms with Gasteiger partial charge in [0.1, 0.15) is 24.5 Å². The monoisotopic (exact) mass is 300 g/mol. The van der Waals surface area contributed by atoms with Crippen LogP contribution in [0.5, 0.6) is 5.75 Å². The van der Waals surface area contributed by atoms with Gasteiger partial charge in [-0.25, -0.2) is 9.67 Å². The molecular formula is C16H20N4O2. The van der Waals surface area contributed by atoms with Gasteiger partial charge >= 0.3 is 0 Å². The molecule has 2 unspecified atom stereocenters. The summed E-state index contributed by atoms with van der Waals surface area (Å²) in [4.78, 5) is 3.98. The highest BCUT2D eigenvalue weighted by Crippen LogP contribution is 2.32. The zero-order valence-corrected chi connectivity index (χ0v) is 13.2. The van der Waals surface area contributed by atoms with Crippen LogP contribution in [0.2, 0.25) is 0 Å². The van der Waals surface area contributed by atoms with Crippen molar-refractivity contribution in [2.24, 2.45) is 5.41 Å². The third-order valence-electron chi connectivity index (χ3n) is 3.30. The van der Waals surface area contributed by atoms with Crippen molar-refractivity contribution in [1.82, 2.24) is 14.8 Å². The van der Waals surface area contributed by atoms with Gasteiger partial charge in [0, 0.05) is 7.11 Å². The molecule has 116 valence electrons. The highest BCUT2D eigenvalue weighted by atomic mass is 16.5.